The molecule has 2 heterocycles. The zero-order chi connectivity index (χ0) is 40.0. The number of anilines is 3. The van der Waals surface area contributed by atoms with Gasteiger partial charge in [0.25, 0.3) is 5.91 Å². The second-order valence-electron chi connectivity index (χ2n) is 15.3. The van der Waals surface area contributed by atoms with E-state index in [-0.39, 0.29) is 35.3 Å². The first-order chi connectivity index (χ1) is 27.0. The summed E-state index contributed by atoms with van der Waals surface area (Å²) in [5.41, 5.74) is 8.51. The molecule has 292 valence electrons. The van der Waals surface area contributed by atoms with Crippen LogP contribution in [-0.4, -0.2) is 74.2 Å². The fraction of sp³-hybridized carbons (Fsp3) is 0.422. The summed E-state index contributed by atoms with van der Waals surface area (Å²) in [5, 5.41) is 16.6. The van der Waals surface area contributed by atoms with Gasteiger partial charge < -0.3 is 29.3 Å². The van der Waals surface area contributed by atoms with Gasteiger partial charge in [-0.05, 0) is 125 Å². The van der Waals surface area contributed by atoms with Crippen LogP contribution in [0.1, 0.15) is 94.7 Å². The molecule has 3 aromatic carbocycles. The molecule has 1 saturated heterocycles. The summed E-state index contributed by atoms with van der Waals surface area (Å²) in [7, 11) is 3.01. The van der Waals surface area contributed by atoms with E-state index in [4.69, 9.17) is 4.52 Å². The number of hydrogen-bond donors (Lipinski definition) is 1. The van der Waals surface area contributed by atoms with E-state index in [0.717, 1.165) is 110 Å². The Kier molecular flexibility index (Phi) is 12.4. The largest absolute Gasteiger partial charge is 0.371 e. The molecule has 0 radical (unpaired) electrons. The maximum Gasteiger partial charge on any atom is 0.255 e. The van der Waals surface area contributed by atoms with E-state index in [1.54, 1.807) is 12.1 Å². The highest BCUT2D eigenvalue weighted by atomic mass is 16.5. The molecule has 1 aliphatic heterocycles. The molecule has 11 nitrogen and oxygen atoms in total. The van der Waals surface area contributed by atoms with Crippen molar-refractivity contribution in [2.24, 2.45) is 5.92 Å². The topological polar surface area (TPSA) is 140 Å². The zero-order valence-electron chi connectivity index (χ0n) is 33.1. The second-order valence-corrected chi connectivity index (χ2v) is 15.3. The first-order valence-corrected chi connectivity index (χ1v) is 19.6. The molecule has 1 unspecified atom stereocenters. The molecule has 2 aliphatic rings. The van der Waals surface area contributed by atoms with Crippen LogP contribution in [0.3, 0.4) is 0 Å². The van der Waals surface area contributed by atoms with E-state index in [2.05, 4.69) is 75.7 Å². The van der Waals surface area contributed by atoms with Crippen LogP contribution in [-0.2, 0) is 15.0 Å². The number of amides is 2. The van der Waals surface area contributed by atoms with Gasteiger partial charge in [-0.3, -0.25) is 14.4 Å². The highest BCUT2D eigenvalue weighted by Crippen LogP contribution is 2.48. The molecule has 11 heteroatoms. The minimum absolute atomic E-state index is 0.139. The van der Waals surface area contributed by atoms with Gasteiger partial charge in [0.1, 0.15) is 18.1 Å². The third-order valence-corrected chi connectivity index (χ3v) is 11.8. The van der Waals surface area contributed by atoms with Gasteiger partial charge >= 0.3 is 0 Å². The van der Waals surface area contributed by atoms with E-state index in [1.165, 1.54) is 24.6 Å². The van der Waals surface area contributed by atoms with E-state index < -0.39 is 11.9 Å². The standard InChI is InChI=1S/C45H52N6O5/c1-30-10-11-34(42-31(2)48-56-32(42)3)27-41(30)51(37-14-12-36(13-15-37)45(29-46)20-21-45)22-6-8-33-18-23-50(24-19-33)38-16-17-39(35(26-38)28-53)44(55)49(5)40(9-7-25-52)43(54)47-4/h10-17,25-28,33,40H,6-9,18-24H2,1-5H3,(H,47,54). The smallest absolute Gasteiger partial charge is 0.255 e. The summed E-state index contributed by atoms with van der Waals surface area (Å²) in [6.45, 7) is 8.57. The fourth-order valence-corrected chi connectivity index (χ4v) is 8.17. The van der Waals surface area contributed by atoms with E-state index in [1.807, 2.05) is 19.9 Å². The number of nitrogens with zero attached hydrogens (tertiary/aromatic N) is 5. The van der Waals surface area contributed by atoms with E-state index >= 15 is 0 Å². The van der Waals surface area contributed by atoms with Gasteiger partial charge in [0.15, 0.2) is 6.29 Å². The van der Waals surface area contributed by atoms with Gasteiger partial charge in [0.05, 0.1) is 22.7 Å². The van der Waals surface area contributed by atoms with Gasteiger partial charge in [0, 0.05) is 68.3 Å². The lowest BCUT2D eigenvalue weighted by Crippen LogP contribution is -2.47. The molecule has 4 aromatic rings. The summed E-state index contributed by atoms with van der Waals surface area (Å²) < 4.78 is 5.51. The lowest BCUT2D eigenvalue weighted by Gasteiger charge is -2.35. The maximum atomic E-state index is 13.5. The molecule has 2 fully saturated rings. The van der Waals surface area contributed by atoms with E-state index in [9.17, 15) is 24.4 Å². The Labute approximate surface area is 329 Å². The monoisotopic (exact) mass is 756 g/mol. The Morgan fingerprint density at radius 1 is 1.05 bits per heavy atom. The molecule has 1 saturated carbocycles. The van der Waals surface area contributed by atoms with Crippen molar-refractivity contribution >= 4 is 41.4 Å². The zero-order valence-corrected chi connectivity index (χ0v) is 33.1. The lowest BCUT2D eigenvalue weighted by atomic mass is 9.91. The normalized spacial score (nSPS) is 15.4. The van der Waals surface area contributed by atoms with Crippen molar-refractivity contribution in [1.82, 2.24) is 15.4 Å². The van der Waals surface area contributed by atoms with Crippen LogP contribution < -0.4 is 15.1 Å². The molecule has 0 bridgehead atoms. The van der Waals surface area contributed by atoms with Crippen molar-refractivity contribution in [1.29, 1.82) is 5.26 Å². The molecule has 2 amide bonds. The van der Waals surface area contributed by atoms with Crippen LogP contribution in [0, 0.1) is 38.0 Å². The van der Waals surface area contributed by atoms with Gasteiger partial charge in [0.2, 0.25) is 5.91 Å². The van der Waals surface area contributed by atoms with Crippen LogP contribution in [0.25, 0.3) is 11.1 Å². The quantitative estimate of drug-likeness (QED) is 0.114. The lowest BCUT2D eigenvalue weighted by molar-refractivity contribution is -0.125. The van der Waals surface area contributed by atoms with Gasteiger partial charge in [-0.2, -0.15) is 5.26 Å². The van der Waals surface area contributed by atoms with Crippen molar-refractivity contribution in [2.75, 3.05) is 43.5 Å². The molecular formula is C45H52N6O5. The number of aromatic nitrogens is 1. The average molecular weight is 757 g/mol. The number of rotatable bonds is 16. The highest BCUT2D eigenvalue weighted by Gasteiger charge is 2.44. The molecule has 1 N–H and O–H groups in total. The third kappa shape index (κ3) is 8.40. The molecule has 1 atom stereocenters. The Hall–Kier alpha value is -5.76. The number of likely N-dealkylation sites (N-methyl/N-ethyl adjacent to an activating group) is 2. The van der Waals surface area contributed by atoms with Gasteiger partial charge in [-0.15, -0.1) is 0 Å². The molecular weight excluding hydrogens is 705 g/mol. The summed E-state index contributed by atoms with van der Waals surface area (Å²) in [5.74, 6) is 0.533. The minimum Gasteiger partial charge on any atom is -0.371 e. The van der Waals surface area contributed by atoms with Crippen molar-refractivity contribution in [2.45, 2.75) is 83.6 Å². The number of benzene rings is 3. The number of carbonyl (C=O) groups is 4. The first kappa shape index (κ1) is 39.9. The van der Waals surface area contributed by atoms with Crippen molar-refractivity contribution in [3.05, 3.63) is 94.4 Å². The fourth-order valence-electron chi connectivity index (χ4n) is 8.17. The molecule has 0 spiro atoms. The third-order valence-electron chi connectivity index (χ3n) is 11.8. The number of piperidine rings is 1. The SMILES string of the molecule is CNC(=O)C(CCC=O)N(C)C(=O)c1ccc(N2CCC(CCCN(c3ccc(C4(C#N)CC4)cc3)c3cc(-c4c(C)noc4C)ccc3C)CC2)cc1C=O. The van der Waals surface area contributed by atoms with Gasteiger partial charge in [-0.25, -0.2) is 0 Å². The number of nitrogens with one attached hydrogen (secondary N) is 1. The summed E-state index contributed by atoms with van der Waals surface area (Å²) in [4.78, 5) is 55.1. The highest BCUT2D eigenvalue weighted by molar-refractivity contribution is 6.03. The summed E-state index contributed by atoms with van der Waals surface area (Å²) in [6, 6.07) is 22.1. The first-order valence-electron chi connectivity index (χ1n) is 19.6. The number of nitriles is 1. The van der Waals surface area contributed by atoms with Crippen LogP contribution in [0.4, 0.5) is 17.1 Å². The average Bonchev–Trinajstić information content (AvgIpc) is 3.96. The number of aldehydes is 2. The molecule has 6 rings (SSSR count). The second kappa shape index (κ2) is 17.4. The number of carbonyl (C=O) groups excluding carboxylic acids is 4. The summed E-state index contributed by atoms with van der Waals surface area (Å²) >= 11 is 0. The van der Waals surface area contributed by atoms with Crippen LogP contribution in [0.5, 0.6) is 0 Å². The number of hydrogen-bond acceptors (Lipinski definition) is 9. The Balaban J connectivity index is 1.12. The summed E-state index contributed by atoms with van der Waals surface area (Å²) in [6.07, 6.45) is 7.65. The Morgan fingerprint density at radius 2 is 1.79 bits per heavy atom. The van der Waals surface area contributed by atoms with Crippen molar-refractivity contribution in [3.63, 3.8) is 0 Å². The van der Waals surface area contributed by atoms with Gasteiger partial charge in [-0.1, -0.05) is 29.4 Å². The van der Waals surface area contributed by atoms with Crippen LogP contribution >= 0.6 is 0 Å². The predicted molar refractivity (Wildman–Crippen MR) is 217 cm³/mol. The molecule has 1 aromatic heterocycles. The van der Waals surface area contributed by atoms with Crippen LogP contribution in [0.15, 0.2) is 65.2 Å². The minimum atomic E-state index is -0.824. The van der Waals surface area contributed by atoms with Crippen molar-refractivity contribution < 1.29 is 23.7 Å². The van der Waals surface area contributed by atoms with E-state index in [0.29, 0.717) is 12.2 Å². The predicted octanol–water partition coefficient (Wildman–Crippen LogP) is 7.64. The molecule has 56 heavy (non-hydrogen) atoms. The van der Waals surface area contributed by atoms with Crippen molar-refractivity contribution in [3.8, 4) is 17.2 Å². The van der Waals surface area contributed by atoms with Crippen LogP contribution in [0.2, 0.25) is 0 Å². The number of aryl methyl sites for hydroxylation is 3. The molecule has 1 aliphatic carbocycles. The Bertz CT molecular complexity index is 2090. The Morgan fingerprint density at radius 3 is 2.39 bits per heavy atom. The maximum absolute atomic E-state index is 13.5.